The first-order valence-corrected chi connectivity index (χ1v) is 10.1. The Balaban J connectivity index is 1.96. The van der Waals surface area contributed by atoms with Gasteiger partial charge in [-0.2, -0.15) is 15.2 Å². The molecule has 0 bridgehead atoms. The Labute approximate surface area is 188 Å². The molecule has 2 heterocycles. The second-order valence-corrected chi connectivity index (χ2v) is 7.67. The van der Waals surface area contributed by atoms with Crippen LogP contribution in [0.25, 0.3) is 16.6 Å². The summed E-state index contributed by atoms with van der Waals surface area (Å²) in [6, 6.07) is 13.8. The van der Waals surface area contributed by atoms with Crippen LogP contribution in [0.5, 0.6) is 0 Å². The first-order chi connectivity index (χ1) is 15.3. The highest BCUT2D eigenvalue weighted by Gasteiger charge is 2.21. The van der Waals surface area contributed by atoms with Crippen molar-refractivity contribution in [2.75, 3.05) is 16.8 Å². The number of rotatable bonds is 4. The highest BCUT2D eigenvalue weighted by molar-refractivity contribution is 6.30. The summed E-state index contributed by atoms with van der Waals surface area (Å²) < 4.78 is 1.49. The average molecular weight is 447 g/mol. The Morgan fingerprint density at radius 2 is 1.91 bits per heavy atom. The van der Waals surface area contributed by atoms with E-state index in [0.29, 0.717) is 27.4 Å². The minimum Gasteiger partial charge on any atom is -0.382 e. The maximum absolute atomic E-state index is 13.5. The zero-order valence-electron chi connectivity index (χ0n) is 17.3. The largest absolute Gasteiger partial charge is 0.382 e. The fourth-order valence-corrected chi connectivity index (χ4v) is 3.69. The number of aromatic nitrogens is 4. The van der Waals surface area contributed by atoms with E-state index in [9.17, 15) is 10.1 Å². The van der Waals surface area contributed by atoms with Gasteiger partial charge in [0.25, 0.3) is 5.56 Å². The Hall–Kier alpha value is -4.16. The van der Waals surface area contributed by atoms with Gasteiger partial charge in [-0.05, 0) is 43.7 Å². The molecule has 0 radical (unpaired) electrons. The molecule has 5 N–H and O–H groups in total. The predicted octanol–water partition coefficient (Wildman–Crippen LogP) is 3.35. The van der Waals surface area contributed by atoms with Crippen molar-refractivity contribution < 1.29 is 0 Å². The first-order valence-electron chi connectivity index (χ1n) is 9.68. The van der Waals surface area contributed by atoms with Crippen molar-refractivity contribution in [1.29, 1.82) is 5.26 Å². The van der Waals surface area contributed by atoms with Gasteiger partial charge in [-0.25, -0.2) is 4.98 Å². The monoisotopic (exact) mass is 446 g/mol. The maximum Gasteiger partial charge on any atom is 0.266 e. The molecule has 32 heavy (non-hydrogen) atoms. The van der Waals surface area contributed by atoms with E-state index >= 15 is 0 Å². The summed E-state index contributed by atoms with van der Waals surface area (Å²) in [6.07, 6.45) is 0. The van der Waals surface area contributed by atoms with E-state index in [0.717, 1.165) is 5.56 Å². The molecule has 0 aliphatic heterocycles. The molecule has 0 aliphatic carbocycles. The van der Waals surface area contributed by atoms with E-state index in [1.165, 1.54) is 4.57 Å². The van der Waals surface area contributed by atoms with Crippen LogP contribution in [0, 0.1) is 18.3 Å². The summed E-state index contributed by atoms with van der Waals surface area (Å²) in [5.74, 6) is 0.440. The molecule has 0 saturated carbocycles. The lowest BCUT2D eigenvalue weighted by atomic mass is 10.1. The second-order valence-electron chi connectivity index (χ2n) is 7.23. The summed E-state index contributed by atoms with van der Waals surface area (Å²) in [6.45, 7) is 3.68. The number of anilines is 3. The van der Waals surface area contributed by atoms with E-state index in [4.69, 9.17) is 28.1 Å². The molecule has 2 aromatic carbocycles. The molecule has 160 valence electrons. The molecular weight excluding hydrogens is 428 g/mol. The quantitative estimate of drug-likeness (QED) is 0.432. The Morgan fingerprint density at radius 1 is 1.16 bits per heavy atom. The summed E-state index contributed by atoms with van der Waals surface area (Å²) >= 11 is 6.19. The zero-order chi connectivity index (χ0) is 23.0. The van der Waals surface area contributed by atoms with Crippen LogP contribution in [0.2, 0.25) is 5.02 Å². The van der Waals surface area contributed by atoms with Crippen LogP contribution in [-0.4, -0.2) is 19.5 Å². The van der Waals surface area contributed by atoms with Crippen LogP contribution in [0.4, 0.5) is 17.6 Å². The van der Waals surface area contributed by atoms with Gasteiger partial charge in [0, 0.05) is 5.02 Å². The van der Waals surface area contributed by atoms with Gasteiger partial charge in [0.15, 0.2) is 5.82 Å². The van der Waals surface area contributed by atoms with Crippen molar-refractivity contribution in [2.45, 2.75) is 19.9 Å². The molecule has 0 amide bonds. The molecule has 0 unspecified atom stereocenters. The third kappa shape index (κ3) is 3.68. The first kappa shape index (κ1) is 21.1. The smallest absolute Gasteiger partial charge is 0.266 e. The fraction of sp³-hybridized carbons (Fsp3) is 0.136. The van der Waals surface area contributed by atoms with Gasteiger partial charge < -0.3 is 16.8 Å². The SMILES string of the molecule is Cc1cccc2c(=O)n(-c3cccc(Cl)c3)c([C@H](C)Nc3nc(N)nc(N)c3C#N)nc12. The van der Waals surface area contributed by atoms with E-state index in [1.807, 2.05) is 25.1 Å². The number of para-hydroxylation sites is 1. The standard InChI is InChI=1S/C22H19ClN8O/c1-11-5-3-8-15-17(11)28-20(31(21(15)32)14-7-4-6-13(23)9-14)12(2)27-19-16(10-24)18(25)29-22(26)30-19/h3-9,12H,1-2H3,(H5,25,26,27,29,30)/t12-/m0/s1. The van der Waals surface area contributed by atoms with Crippen molar-refractivity contribution in [3.8, 4) is 11.8 Å². The van der Waals surface area contributed by atoms with Gasteiger partial charge in [-0.15, -0.1) is 0 Å². The van der Waals surface area contributed by atoms with Gasteiger partial charge in [0.1, 0.15) is 23.3 Å². The molecule has 0 spiro atoms. The summed E-state index contributed by atoms with van der Waals surface area (Å²) in [5.41, 5.74) is 13.4. The summed E-state index contributed by atoms with van der Waals surface area (Å²) in [4.78, 5) is 26.3. The highest BCUT2D eigenvalue weighted by atomic mass is 35.5. The van der Waals surface area contributed by atoms with Crippen molar-refractivity contribution in [1.82, 2.24) is 19.5 Å². The number of nitrogens with zero attached hydrogens (tertiary/aromatic N) is 5. The number of aryl methyl sites for hydroxylation is 1. The third-order valence-corrected chi connectivity index (χ3v) is 5.23. The Kier molecular flexibility index (Phi) is 5.38. The van der Waals surface area contributed by atoms with Crippen LogP contribution >= 0.6 is 11.6 Å². The maximum atomic E-state index is 13.5. The molecule has 4 aromatic rings. The number of hydrogen-bond acceptors (Lipinski definition) is 8. The van der Waals surface area contributed by atoms with Crippen molar-refractivity contribution >= 4 is 40.1 Å². The molecule has 1 atom stereocenters. The third-order valence-electron chi connectivity index (χ3n) is 5.00. The molecule has 0 fully saturated rings. The topological polar surface area (TPSA) is 149 Å². The predicted molar refractivity (Wildman–Crippen MR) is 125 cm³/mol. The Bertz CT molecular complexity index is 1460. The van der Waals surface area contributed by atoms with Gasteiger partial charge in [0.05, 0.1) is 22.6 Å². The van der Waals surface area contributed by atoms with Crippen LogP contribution in [-0.2, 0) is 0 Å². The molecule has 9 nitrogen and oxygen atoms in total. The van der Waals surface area contributed by atoms with Gasteiger partial charge in [0.2, 0.25) is 5.95 Å². The summed E-state index contributed by atoms with van der Waals surface area (Å²) in [7, 11) is 0. The van der Waals surface area contributed by atoms with Crippen LogP contribution in [0.3, 0.4) is 0 Å². The number of nitriles is 1. The van der Waals surface area contributed by atoms with E-state index in [1.54, 1.807) is 37.3 Å². The molecule has 4 rings (SSSR count). The fourth-order valence-electron chi connectivity index (χ4n) is 3.50. The highest BCUT2D eigenvalue weighted by Crippen LogP contribution is 2.26. The summed E-state index contributed by atoms with van der Waals surface area (Å²) in [5, 5.41) is 13.5. The number of nitrogens with two attached hydrogens (primary N) is 2. The number of hydrogen-bond donors (Lipinski definition) is 3. The van der Waals surface area contributed by atoms with Crippen LogP contribution < -0.4 is 22.3 Å². The number of halogens is 1. The van der Waals surface area contributed by atoms with Crippen molar-refractivity contribution in [3.05, 3.63) is 74.8 Å². The van der Waals surface area contributed by atoms with Crippen LogP contribution in [0.15, 0.2) is 47.3 Å². The minimum absolute atomic E-state index is 0.0377. The average Bonchev–Trinajstić information content (AvgIpc) is 2.74. The lowest BCUT2D eigenvalue weighted by Gasteiger charge is -2.21. The van der Waals surface area contributed by atoms with Crippen molar-refractivity contribution in [2.24, 2.45) is 0 Å². The number of fused-ring (bicyclic) bond motifs is 1. The van der Waals surface area contributed by atoms with Crippen LogP contribution in [0.1, 0.15) is 29.9 Å². The van der Waals surface area contributed by atoms with E-state index < -0.39 is 6.04 Å². The van der Waals surface area contributed by atoms with Gasteiger partial charge in [-0.1, -0.05) is 29.8 Å². The van der Waals surface area contributed by atoms with Gasteiger partial charge in [-0.3, -0.25) is 9.36 Å². The number of nitrogens with one attached hydrogen (secondary N) is 1. The van der Waals surface area contributed by atoms with E-state index in [2.05, 4.69) is 15.3 Å². The lowest BCUT2D eigenvalue weighted by molar-refractivity contribution is 0.730. The lowest BCUT2D eigenvalue weighted by Crippen LogP contribution is -2.28. The van der Waals surface area contributed by atoms with Crippen molar-refractivity contribution in [3.63, 3.8) is 0 Å². The second kappa shape index (κ2) is 8.17. The molecule has 0 aliphatic rings. The number of nitrogen functional groups attached to an aromatic ring is 2. The normalized spacial score (nSPS) is 11.8. The molecule has 0 saturated heterocycles. The molecule has 2 aromatic heterocycles. The molecule has 10 heteroatoms. The number of benzene rings is 2. The Morgan fingerprint density at radius 3 is 2.62 bits per heavy atom. The molecular formula is C22H19ClN8O. The minimum atomic E-state index is -0.563. The zero-order valence-corrected chi connectivity index (χ0v) is 18.1. The van der Waals surface area contributed by atoms with Gasteiger partial charge >= 0.3 is 0 Å². The van der Waals surface area contributed by atoms with E-state index in [-0.39, 0.29) is 28.7 Å².